The van der Waals surface area contributed by atoms with Crippen LogP contribution in [0.5, 0.6) is 11.5 Å². The van der Waals surface area contributed by atoms with Gasteiger partial charge in [-0.15, -0.1) is 0 Å². The molecule has 0 aromatic heterocycles. The maximum Gasteiger partial charge on any atom is 0.257 e. The van der Waals surface area contributed by atoms with Crippen LogP contribution in [0.2, 0.25) is 0 Å². The molecule has 116 valence electrons. The fraction of sp³-hybridized carbons (Fsp3) is 0.533. The van der Waals surface area contributed by atoms with Crippen molar-refractivity contribution in [2.24, 2.45) is 5.73 Å². The second kappa shape index (κ2) is 5.91. The minimum absolute atomic E-state index is 0.0811. The number of nitrogens with two attached hydrogens (primary N) is 1. The van der Waals surface area contributed by atoms with E-state index in [1.54, 1.807) is 11.0 Å². The van der Waals surface area contributed by atoms with E-state index in [1.807, 2.05) is 0 Å². The first-order valence-corrected chi connectivity index (χ1v) is 7.12. The van der Waals surface area contributed by atoms with Crippen molar-refractivity contribution in [1.29, 1.82) is 0 Å². The van der Waals surface area contributed by atoms with Crippen molar-refractivity contribution in [3.05, 3.63) is 23.8 Å². The van der Waals surface area contributed by atoms with E-state index in [0.29, 0.717) is 19.6 Å². The summed E-state index contributed by atoms with van der Waals surface area (Å²) in [5, 5.41) is 19.3. The van der Waals surface area contributed by atoms with Crippen molar-refractivity contribution < 1.29 is 15.0 Å². The van der Waals surface area contributed by atoms with Crippen molar-refractivity contribution in [3.63, 3.8) is 0 Å². The van der Waals surface area contributed by atoms with E-state index in [9.17, 15) is 15.0 Å². The Morgan fingerprint density at radius 2 is 1.86 bits per heavy atom. The predicted octanol–water partition coefficient (Wildman–Crippen LogP) is 0.593. The molecule has 0 unspecified atom stereocenters. The number of carbonyl (C=O) groups excluding carboxylic acids is 1. The molecule has 0 aliphatic carbocycles. The van der Waals surface area contributed by atoms with Crippen LogP contribution in [0.25, 0.3) is 0 Å². The summed E-state index contributed by atoms with van der Waals surface area (Å²) in [6.45, 7) is 7.39. The van der Waals surface area contributed by atoms with Crippen molar-refractivity contribution in [1.82, 2.24) is 9.80 Å². The van der Waals surface area contributed by atoms with Gasteiger partial charge < -0.3 is 20.8 Å². The summed E-state index contributed by atoms with van der Waals surface area (Å²) in [6, 6.07) is 4.43. The Bertz CT molecular complexity index is 523. The van der Waals surface area contributed by atoms with Gasteiger partial charge in [-0.25, -0.2) is 0 Å². The van der Waals surface area contributed by atoms with Gasteiger partial charge in [-0.1, -0.05) is 6.07 Å². The van der Waals surface area contributed by atoms with E-state index in [0.717, 1.165) is 13.1 Å². The molecule has 2 rings (SSSR count). The van der Waals surface area contributed by atoms with Crippen LogP contribution in [-0.4, -0.2) is 64.2 Å². The van der Waals surface area contributed by atoms with Gasteiger partial charge in [0.1, 0.15) is 0 Å². The maximum atomic E-state index is 12.4. The molecule has 1 aromatic rings. The zero-order chi connectivity index (χ0) is 15.6. The van der Waals surface area contributed by atoms with Crippen LogP contribution in [0.4, 0.5) is 0 Å². The molecule has 1 aliphatic rings. The average Bonchev–Trinajstić information content (AvgIpc) is 2.49. The highest BCUT2D eigenvalue weighted by Crippen LogP contribution is 2.29. The van der Waals surface area contributed by atoms with E-state index in [4.69, 9.17) is 5.73 Å². The number of nitrogens with zero attached hydrogens (tertiary/aromatic N) is 2. The molecule has 1 amide bonds. The summed E-state index contributed by atoms with van der Waals surface area (Å²) in [7, 11) is 0. The Morgan fingerprint density at radius 3 is 2.43 bits per heavy atom. The minimum Gasteiger partial charge on any atom is -0.504 e. The molecule has 21 heavy (non-hydrogen) atoms. The summed E-state index contributed by atoms with van der Waals surface area (Å²) >= 11 is 0. The Kier molecular flexibility index (Phi) is 4.39. The van der Waals surface area contributed by atoms with Gasteiger partial charge in [-0.05, 0) is 26.0 Å². The fourth-order valence-electron chi connectivity index (χ4n) is 2.52. The topological polar surface area (TPSA) is 90.0 Å². The molecule has 0 bridgehead atoms. The van der Waals surface area contributed by atoms with Gasteiger partial charge in [0.25, 0.3) is 5.91 Å². The zero-order valence-corrected chi connectivity index (χ0v) is 12.5. The van der Waals surface area contributed by atoms with Crippen LogP contribution in [0.1, 0.15) is 24.2 Å². The highest BCUT2D eigenvalue weighted by Gasteiger charge is 2.31. The second-order valence-corrected chi connectivity index (χ2v) is 5.97. The third-order valence-electron chi connectivity index (χ3n) is 4.17. The maximum absolute atomic E-state index is 12.4. The van der Waals surface area contributed by atoms with Crippen LogP contribution in [0.15, 0.2) is 18.2 Å². The number of para-hydroxylation sites is 1. The number of aromatic hydroxyl groups is 2. The number of amides is 1. The van der Waals surface area contributed by atoms with Crippen molar-refractivity contribution in [2.75, 3.05) is 32.7 Å². The van der Waals surface area contributed by atoms with Crippen molar-refractivity contribution in [2.45, 2.75) is 19.4 Å². The molecular weight excluding hydrogens is 270 g/mol. The molecule has 0 radical (unpaired) electrons. The van der Waals surface area contributed by atoms with Crippen LogP contribution in [-0.2, 0) is 0 Å². The second-order valence-electron chi connectivity index (χ2n) is 5.97. The third kappa shape index (κ3) is 3.11. The number of benzene rings is 1. The van der Waals surface area contributed by atoms with Crippen molar-refractivity contribution in [3.8, 4) is 11.5 Å². The predicted molar refractivity (Wildman–Crippen MR) is 80.4 cm³/mol. The first-order chi connectivity index (χ1) is 9.86. The van der Waals surface area contributed by atoms with Crippen molar-refractivity contribution >= 4 is 5.91 Å². The smallest absolute Gasteiger partial charge is 0.257 e. The summed E-state index contributed by atoms with van der Waals surface area (Å²) in [5.74, 6) is -0.885. The SMILES string of the molecule is CC(C)(CN)N1CCN(C(=O)c2cccc(O)c2O)CC1. The third-order valence-corrected chi connectivity index (χ3v) is 4.17. The number of hydrogen-bond acceptors (Lipinski definition) is 5. The van der Waals surface area contributed by atoms with Crippen LogP contribution >= 0.6 is 0 Å². The first-order valence-electron chi connectivity index (χ1n) is 7.12. The number of rotatable bonds is 3. The van der Waals surface area contributed by atoms with E-state index in [-0.39, 0.29) is 28.5 Å². The quantitative estimate of drug-likeness (QED) is 0.710. The lowest BCUT2D eigenvalue weighted by Crippen LogP contribution is -2.58. The molecule has 1 saturated heterocycles. The monoisotopic (exact) mass is 293 g/mol. The van der Waals surface area contributed by atoms with E-state index < -0.39 is 0 Å². The molecule has 1 aliphatic heterocycles. The minimum atomic E-state index is -0.354. The van der Waals surface area contributed by atoms with Crippen LogP contribution < -0.4 is 5.73 Å². The molecule has 0 atom stereocenters. The number of hydrogen-bond donors (Lipinski definition) is 3. The van der Waals surface area contributed by atoms with Gasteiger partial charge in [0.15, 0.2) is 11.5 Å². The Morgan fingerprint density at radius 1 is 1.24 bits per heavy atom. The number of phenols is 2. The van der Waals surface area contributed by atoms with Gasteiger partial charge >= 0.3 is 0 Å². The standard InChI is InChI=1S/C15H23N3O3/c1-15(2,10-16)18-8-6-17(7-9-18)14(21)11-4-3-5-12(19)13(11)20/h3-5,19-20H,6-10,16H2,1-2H3. The lowest BCUT2D eigenvalue weighted by molar-refractivity contribution is 0.0424. The largest absolute Gasteiger partial charge is 0.504 e. The lowest BCUT2D eigenvalue weighted by Gasteiger charge is -2.43. The van der Waals surface area contributed by atoms with Gasteiger partial charge in [0.05, 0.1) is 5.56 Å². The van der Waals surface area contributed by atoms with Gasteiger partial charge in [-0.3, -0.25) is 9.69 Å². The summed E-state index contributed by atoms with van der Waals surface area (Å²) in [6.07, 6.45) is 0. The zero-order valence-electron chi connectivity index (χ0n) is 12.5. The van der Waals surface area contributed by atoms with E-state index >= 15 is 0 Å². The van der Waals surface area contributed by atoms with Crippen LogP contribution in [0.3, 0.4) is 0 Å². The first kappa shape index (κ1) is 15.6. The van der Waals surface area contributed by atoms with E-state index in [1.165, 1.54) is 12.1 Å². The molecule has 0 saturated carbocycles. The van der Waals surface area contributed by atoms with Gasteiger partial charge in [0.2, 0.25) is 0 Å². The normalized spacial score (nSPS) is 17.0. The molecule has 6 nitrogen and oxygen atoms in total. The summed E-state index contributed by atoms with van der Waals surface area (Å²) in [4.78, 5) is 16.4. The Hall–Kier alpha value is -1.79. The lowest BCUT2D eigenvalue weighted by atomic mass is 10.0. The highest BCUT2D eigenvalue weighted by molar-refractivity contribution is 5.97. The molecular formula is C15H23N3O3. The summed E-state index contributed by atoms with van der Waals surface area (Å²) < 4.78 is 0. The van der Waals surface area contributed by atoms with E-state index in [2.05, 4.69) is 18.7 Å². The molecule has 4 N–H and O–H groups in total. The molecule has 1 fully saturated rings. The molecule has 6 heteroatoms. The summed E-state index contributed by atoms with van der Waals surface area (Å²) in [5.41, 5.74) is 5.84. The Labute approximate surface area is 124 Å². The number of piperazine rings is 1. The fourth-order valence-corrected chi connectivity index (χ4v) is 2.52. The molecule has 0 spiro atoms. The highest BCUT2D eigenvalue weighted by atomic mass is 16.3. The molecule has 1 heterocycles. The number of carbonyl (C=O) groups is 1. The number of phenolic OH excluding ortho intramolecular Hbond substituents is 2. The van der Waals surface area contributed by atoms with Crippen LogP contribution in [0, 0.1) is 0 Å². The Balaban J connectivity index is 2.06. The van der Waals surface area contributed by atoms with Gasteiger partial charge in [0, 0.05) is 38.3 Å². The average molecular weight is 293 g/mol. The molecule has 1 aromatic carbocycles. The van der Waals surface area contributed by atoms with Gasteiger partial charge in [-0.2, -0.15) is 0 Å².